The minimum absolute atomic E-state index is 0.220. The molecule has 0 aromatic carbocycles. The van der Waals surface area contributed by atoms with Crippen LogP contribution in [0.4, 0.5) is 0 Å². The molecule has 0 heterocycles. The predicted molar refractivity (Wildman–Crippen MR) is 101 cm³/mol. The molecule has 1 fully saturated rings. The molecule has 5 unspecified atom stereocenters. The first kappa shape index (κ1) is 19.8. The highest BCUT2D eigenvalue weighted by molar-refractivity contribution is 5.17. The van der Waals surface area contributed by atoms with Crippen LogP contribution in [-0.2, 0) is 0 Å². The Labute approximate surface area is 141 Å². The van der Waals surface area contributed by atoms with Crippen LogP contribution in [0.2, 0.25) is 0 Å². The Kier molecular flexibility index (Phi) is 6.02. The number of allylic oxidation sites excluding steroid dienone is 1. The molecule has 0 radical (unpaired) electrons. The van der Waals surface area contributed by atoms with Crippen LogP contribution in [0.3, 0.4) is 0 Å². The van der Waals surface area contributed by atoms with Crippen LogP contribution in [0, 0.1) is 46.3 Å². The summed E-state index contributed by atoms with van der Waals surface area (Å²) < 4.78 is 0. The van der Waals surface area contributed by atoms with E-state index >= 15 is 0 Å². The molecule has 0 aromatic heterocycles. The zero-order valence-electron chi connectivity index (χ0n) is 17.1. The highest BCUT2D eigenvalue weighted by atomic mass is 14.6. The van der Waals surface area contributed by atoms with Crippen LogP contribution < -0.4 is 0 Å². The molecular weight excluding hydrogens is 264 g/mol. The largest absolute Gasteiger partial charge is 0.0996 e. The lowest BCUT2D eigenvalue weighted by molar-refractivity contribution is -0.0899. The molecule has 22 heavy (non-hydrogen) atoms. The second-order valence-electron chi connectivity index (χ2n) is 9.07. The van der Waals surface area contributed by atoms with E-state index in [2.05, 4.69) is 75.8 Å². The number of hydrogen-bond donors (Lipinski definition) is 0. The normalized spacial score (nSPS) is 39.4. The molecular formula is C22H42. The summed E-state index contributed by atoms with van der Waals surface area (Å²) in [5, 5.41) is 0. The minimum atomic E-state index is 0.220. The van der Waals surface area contributed by atoms with Gasteiger partial charge in [-0.3, -0.25) is 0 Å². The second kappa shape index (κ2) is 6.70. The molecule has 1 saturated carbocycles. The van der Waals surface area contributed by atoms with E-state index in [1.165, 1.54) is 18.4 Å². The zero-order valence-corrected chi connectivity index (χ0v) is 17.1. The first-order chi connectivity index (χ1) is 9.99. The van der Waals surface area contributed by atoms with Gasteiger partial charge in [0.05, 0.1) is 0 Å². The first-order valence-corrected chi connectivity index (χ1v) is 9.65. The molecule has 1 aliphatic carbocycles. The van der Waals surface area contributed by atoms with E-state index < -0.39 is 0 Å². The quantitative estimate of drug-likeness (QED) is 0.471. The maximum atomic E-state index is 4.50. The number of hydrogen-bond acceptors (Lipinski definition) is 0. The van der Waals surface area contributed by atoms with Gasteiger partial charge in [-0.1, -0.05) is 74.5 Å². The van der Waals surface area contributed by atoms with E-state index in [9.17, 15) is 0 Å². The molecule has 0 amide bonds. The fourth-order valence-corrected chi connectivity index (χ4v) is 5.81. The van der Waals surface area contributed by atoms with Crippen molar-refractivity contribution in [3.63, 3.8) is 0 Å². The molecule has 0 heteroatoms. The zero-order chi connectivity index (χ0) is 17.5. The first-order valence-electron chi connectivity index (χ1n) is 9.65. The Hall–Kier alpha value is -0.260. The van der Waals surface area contributed by atoms with Crippen LogP contribution >= 0.6 is 0 Å². The van der Waals surface area contributed by atoms with E-state index in [1.807, 2.05) is 0 Å². The van der Waals surface area contributed by atoms with Crippen molar-refractivity contribution in [1.29, 1.82) is 0 Å². The summed E-state index contributed by atoms with van der Waals surface area (Å²) in [6.07, 6.45) is 2.47. The Balaban J connectivity index is 3.45. The fraction of sp³-hybridized carbons (Fsp3) is 0.909. The summed E-state index contributed by atoms with van der Waals surface area (Å²) >= 11 is 0. The summed E-state index contributed by atoms with van der Waals surface area (Å²) in [7, 11) is 0. The van der Waals surface area contributed by atoms with E-state index in [0.717, 1.165) is 35.5 Å². The summed E-state index contributed by atoms with van der Waals surface area (Å²) in [6.45, 7) is 29.1. The van der Waals surface area contributed by atoms with Crippen LogP contribution in [-0.4, -0.2) is 0 Å². The Morgan fingerprint density at radius 2 is 1.09 bits per heavy atom. The lowest BCUT2D eigenvalue weighted by atomic mass is 9.44. The fourth-order valence-electron chi connectivity index (χ4n) is 5.81. The van der Waals surface area contributed by atoms with E-state index in [-0.39, 0.29) is 5.41 Å². The summed E-state index contributed by atoms with van der Waals surface area (Å²) in [4.78, 5) is 0. The van der Waals surface area contributed by atoms with Crippen molar-refractivity contribution in [3.05, 3.63) is 12.2 Å². The molecule has 5 atom stereocenters. The molecule has 0 aliphatic heterocycles. The minimum Gasteiger partial charge on any atom is -0.0996 e. The third-order valence-electron chi connectivity index (χ3n) is 8.82. The monoisotopic (exact) mass is 306 g/mol. The van der Waals surface area contributed by atoms with Crippen LogP contribution in [0.1, 0.15) is 82.1 Å². The van der Waals surface area contributed by atoms with Crippen molar-refractivity contribution < 1.29 is 0 Å². The topological polar surface area (TPSA) is 0 Å². The van der Waals surface area contributed by atoms with Gasteiger partial charge in [-0.15, -0.1) is 0 Å². The smallest absolute Gasteiger partial charge is 0.00348 e. The van der Waals surface area contributed by atoms with Gasteiger partial charge in [-0.05, 0) is 66.1 Å². The summed E-state index contributed by atoms with van der Waals surface area (Å²) in [5.41, 5.74) is 1.96. The lowest BCUT2D eigenvalue weighted by Crippen LogP contribution is -2.54. The molecule has 0 nitrogen and oxygen atoms in total. The lowest BCUT2D eigenvalue weighted by Gasteiger charge is -2.60. The number of rotatable bonds is 5. The molecule has 0 saturated heterocycles. The maximum absolute atomic E-state index is 4.50. The molecule has 130 valence electrons. The molecule has 0 N–H and O–H groups in total. The predicted octanol–water partition coefficient (Wildman–Crippen LogP) is 7.21. The standard InChI is InChI=1S/C22H42/c1-12-21(10,13-2)22(11,14(3)4)20-18(8)16(6)15(5)17(7)19(20)9/h15-20H,3,12-13H2,1-2,4-11H3. The van der Waals surface area contributed by atoms with Gasteiger partial charge in [0.25, 0.3) is 0 Å². The van der Waals surface area contributed by atoms with Gasteiger partial charge in [0.2, 0.25) is 0 Å². The van der Waals surface area contributed by atoms with E-state index in [1.54, 1.807) is 0 Å². The third-order valence-corrected chi connectivity index (χ3v) is 8.82. The Morgan fingerprint density at radius 3 is 1.36 bits per heavy atom. The third kappa shape index (κ3) is 2.69. The van der Waals surface area contributed by atoms with Crippen molar-refractivity contribution in [1.82, 2.24) is 0 Å². The van der Waals surface area contributed by atoms with Crippen molar-refractivity contribution in [2.75, 3.05) is 0 Å². The Morgan fingerprint density at radius 1 is 0.773 bits per heavy atom. The van der Waals surface area contributed by atoms with Gasteiger partial charge >= 0.3 is 0 Å². The van der Waals surface area contributed by atoms with Gasteiger partial charge in [0.1, 0.15) is 0 Å². The highest BCUT2D eigenvalue weighted by Gasteiger charge is 2.55. The van der Waals surface area contributed by atoms with E-state index in [0.29, 0.717) is 5.41 Å². The average molecular weight is 307 g/mol. The molecule has 0 aromatic rings. The van der Waals surface area contributed by atoms with Crippen molar-refractivity contribution >= 4 is 0 Å². The van der Waals surface area contributed by atoms with Crippen LogP contribution in [0.25, 0.3) is 0 Å². The van der Waals surface area contributed by atoms with Crippen molar-refractivity contribution in [3.8, 4) is 0 Å². The SMILES string of the molecule is C=C(C)C(C)(C1C(C)C(C)C(C)C(C)C1C)C(C)(CC)CC. The Bertz CT molecular complexity index is 373. The molecule has 0 spiro atoms. The molecule has 1 rings (SSSR count). The van der Waals surface area contributed by atoms with Crippen LogP contribution in [0.15, 0.2) is 12.2 Å². The molecule has 0 bridgehead atoms. The highest BCUT2D eigenvalue weighted by Crippen LogP contribution is 2.62. The average Bonchev–Trinajstić information content (AvgIpc) is 2.49. The molecule has 1 aliphatic rings. The van der Waals surface area contributed by atoms with E-state index in [4.69, 9.17) is 0 Å². The summed E-state index contributed by atoms with van der Waals surface area (Å²) in [6, 6.07) is 0. The van der Waals surface area contributed by atoms with Gasteiger partial charge < -0.3 is 0 Å². The van der Waals surface area contributed by atoms with Crippen molar-refractivity contribution in [2.24, 2.45) is 46.3 Å². The second-order valence-corrected chi connectivity index (χ2v) is 9.07. The van der Waals surface area contributed by atoms with Gasteiger partial charge in [0.15, 0.2) is 0 Å². The van der Waals surface area contributed by atoms with Crippen molar-refractivity contribution in [2.45, 2.75) is 82.1 Å². The maximum Gasteiger partial charge on any atom is -0.00348 e. The van der Waals surface area contributed by atoms with Crippen LogP contribution in [0.5, 0.6) is 0 Å². The van der Waals surface area contributed by atoms with Gasteiger partial charge in [0, 0.05) is 0 Å². The van der Waals surface area contributed by atoms with Gasteiger partial charge in [-0.25, -0.2) is 0 Å². The summed E-state index contributed by atoms with van der Waals surface area (Å²) in [5.74, 6) is 4.68. The van der Waals surface area contributed by atoms with Gasteiger partial charge in [-0.2, -0.15) is 0 Å².